The number of nitrogens with one attached hydrogen (secondary N) is 1. The highest BCUT2D eigenvalue weighted by Gasteiger charge is 2.20. The summed E-state index contributed by atoms with van der Waals surface area (Å²) in [6.07, 6.45) is 1.28. The Balaban J connectivity index is 2.14. The zero-order valence-electron chi connectivity index (χ0n) is 11.7. The lowest BCUT2D eigenvalue weighted by Gasteiger charge is -2.21. The predicted molar refractivity (Wildman–Crippen MR) is 80.6 cm³/mol. The van der Waals surface area contributed by atoms with Crippen molar-refractivity contribution in [2.24, 2.45) is 5.92 Å². The van der Waals surface area contributed by atoms with Crippen LogP contribution in [0.3, 0.4) is 0 Å². The van der Waals surface area contributed by atoms with Gasteiger partial charge in [-0.25, -0.2) is 9.78 Å². The highest BCUT2D eigenvalue weighted by Crippen LogP contribution is 2.26. The molecule has 0 aliphatic rings. The Hall–Kier alpha value is -2.21. The highest BCUT2D eigenvalue weighted by molar-refractivity contribution is 7.10. The Bertz CT molecular complexity index is 621. The number of aromatic nitrogens is 1. The Morgan fingerprint density at radius 2 is 2.05 bits per heavy atom. The number of hydrogen-bond acceptors (Lipinski definition) is 4. The highest BCUT2D eigenvalue weighted by atomic mass is 32.1. The molecule has 6 heteroatoms. The van der Waals surface area contributed by atoms with Gasteiger partial charge in [-0.05, 0) is 29.5 Å². The third-order valence-corrected chi connectivity index (χ3v) is 4.00. The molecule has 0 aliphatic heterocycles. The van der Waals surface area contributed by atoms with E-state index in [1.807, 2.05) is 31.4 Å². The molecule has 0 aliphatic carbocycles. The van der Waals surface area contributed by atoms with Gasteiger partial charge in [-0.3, -0.25) is 4.79 Å². The SMILES string of the molecule is CC(C)C(NC(=O)c1ccc(C(=O)O)nc1)c1cccs1. The average molecular weight is 304 g/mol. The van der Waals surface area contributed by atoms with Crippen molar-refractivity contribution in [3.05, 3.63) is 52.0 Å². The second-order valence-corrected chi connectivity index (χ2v) is 5.93. The minimum absolute atomic E-state index is 0.0725. The molecule has 0 radical (unpaired) electrons. The van der Waals surface area contributed by atoms with Crippen LogP contribution in [0.4, 0.5) is 0 Å². The molecular formula is C15H16N2O3S. The molecule has 1 atom stereocenters. The average Bonchev–Trinajstić information content (AvgIpc) is 2.98. The zero-order chi connectivity index (χ0) is 15.4. The predicted octanol–water partition coefficient (Wildman–Crippen LogP) is 2.97. The summed E-state index contributed by atoms with van der Waals surface area (Å²) in [7, 11) is 0. The summed E-state index contributed by atoms with van der Waals surface area (Å²) in [5, 5.41) is 13.7. The number of aromatic carboxylic acids is 1. The Labute approximate surface area is 126 Å². The fraction of sp³-hybridized carbons (Fsp3) is 0.267. The second kappa shape index (κ2) is 6.49. The first-order valence-electron chi connectivity index (χ1n) is 6.52. The van der Waals surface area contributed by atoms with Gasteiger partial charge in [-0.15, -0.1) is 11.3 Å². The minimum Gasteiger partial charge on any atom is -0.477 e. The molecule has 0 fully saturated rings. The molecule has 0 saturated heterocycles. The largest absolute Gasteiger partial charge is 0.477 e. The van der Waals surface area contributed by atoms with Gasteiger partial charge in [-0.1, -0.05) is 19.9 Å². The summed E-state index contributed by atoms with van der Waals surface area (Å²) in [5.41, 5.74) is 0.271. The van der Waals surface area contributed by atoms with E-state index in [4.69, 9.17) is 5.11 Å². The number of carbonyl (C=O) groups excluding carboxylic acids is 1. The third-order valence-electron chi connectivity index (χ3n) is 3.05. The van der Waals surface area contributed by atoms with Crippen LogP contribution in [0.5, 0.6) is 0 Å². The van der Waals surface area contributed by atoms with E-state index in [2.05, 4.69) is 10.3 Å². The van der Waals surface area contributed by atoms with Crippen LogP contribution in [0.15, 0.2) is 35.8 Å². The van der Waals surface area contributed by atoms with Crippen LogP contribution >= 0.6 is 11.3 Å². The normalized spacial score (nSPS) is 12.1. The lowest BCUT2D eigenvalue weighted by Crippen LogP contribution is -2.31. The molecule has 0 saturated carbocycles. The molecule has 2 aromatic heterocycles. The van der Waals surface area contributed by atoms with Gasteiger partial charge in [0.1, 0.15) is 5.69 Å². The number of carboxylic acids is 1. The number of hydrogen-bond donors (Lipinski definition) is 2. The molecule has 110 valence electrons. The molecular weight excluding hydrogens is 288 g/mol. The summed E-state index contributed by atoms with van der Waals surface area (Å²) in [6.45, 7) is 4.08. The zero-order valence-corrected chi connectivity index (χ0v) is 12.6. The molecule has 2 aromatic rings. The van der Waals surface area contributed by atoms with E-state index in [1.54, 1.807) is 11.3 Å². The van der Waals surface area contributed by atoms with Gasteiger partial charge in [-0.2, -0.15) is 0 Å². The molecule has 0 aromatic carbocycles. The Morgan fingerprint density at radius 1 is 1.29 bits per heavy atom. The number of amides is 1. The lowest BCUT2D eigenvalue weighted by molar-refractivity contribution is 0.0689. The van der Waals surface area contributed by atoms with Crippen molar-refractivity contribution in [2.45, 2.75) is 19.9 Å². The van der Waals surface area contributed by atoms with Crippen molar-refractivity contribution in [3.63, 3.8) is 0 Å². The third kappa shape index (κ3) is 3.66. The first-order chi connectivity index (χ1) is 9.99. The second-order valence-electron chi connectivity index (χ2n) is 4.95. The molecule has 0 spiro atoms. The van der Waals surface area contributed by atoms with Gasteiger partial charge in [0.05, 0.1) is 11.6 Å². The van der Waals surface area contributed by atoms with Crippen molar-refractivity contribution in [2.75, 3.05) is 0 Å². The standard InChI is InChI=1S/C15H16N2O3S/c1-9(2)13(12-4-3-7-21-12)17-14(18)10-5-6-11(15(19)20)16-8-10/h3-9,13H,1-2H3,(H,17,18)(H,19,20). The van der Waals surface area contributed by atoms with Gasteiger partial charge >= 0.3 is 5.97 Å². The first-order valence-corrected chi connectivity index (χ1v) is 7.40. The minimum atomic E-state index is -1.11. The fourth-order valence-electron chi connectivity index (χ4n) is 1.91. The maximum atomic E-state index is 12.2. The molecule has 1 amide bonds. The van der Waals surface area contributed by atoms with Gasteiger partial charge in [0.2, 0.25) is 0 Å². The summed E-state index contributed by atoms with van der Waals surface area (Å²) < 4.78 is 0. The molecule has 2 rings (SSSR count). The number of thiophene rings is 1. The summed E-state index contributed by atoms with van der Waals surface area (Å²) in [6, 6.07) is 6.66. The Kier molecular flexibility index (Phi) is 4.70. The monoisotopic (exact) mass is 304 g/mol. The maximum absolute atomic E-state index is 12.2. The lowest BCUT2D eigenvalue weighted by atomic mass is 10.0. The van der Waals surface area contributed by atoms with Crippen molar-refractivity contribution in [1.29, 1.82) is 0 Å². The molecule has 1 unspecified atom stereocenters. The number of carbonyl (C=O) groups is 2. The number of carboxylic acid groups (broad SMARTS) is 1. The van der Waals surface area contributed by atoms with Gasteiger partial charge in [0.25, 0.3) is 5.91 Å². The van der Waals surface area contributed by atoms with Crippen LogP contribution in [0.25, 0.3) is 0 Å². The van der Waals surface area contributed by atoms with Crippen molar-refractivity contribution in [3.8, 4) is 0 Å². The number of nitrogens with zero attached hydrogens (tertiary/aromatic N) is 1. The van der Waals surface area contributed by atoms with Gasteiger partial charge in [0, 0.05) is 11.1 Å². The molecule has 2 heterocycles. The van der Waals surface area contributed by atoms with Gasteiger partial charge in [0.15, 0.2) is 0 Å². The molecule has 21 heavy (non-hydrogen) atoms. The van der Waals surface area contributed by atoms with E-state index in [-0.39, 0.29) is 23.6 Å². The van der Waals surface area contributed by atoms with E-state index < -0.39 is 5.97 Å². The van der Waals surface area contributed by atoms with E-state index in [1.165, 1.54) is 18.3 Å². The fourth-order valence-corrected chi connectivity index (χ4v) is 2.86. The molecule has 5 nitrogen and oxygen atoms in total. The number of pyridine rings is 1. The molecule has 2 N–H and O–H groups in total. The van der Waals surface area contributed by atoms with Gasteiger partial charge < -0.3 is 10.4 Å². The maximum Gasteiger partial charge on any atom is 0.354 e. The van der Waals surface area contributed by atoms with Crippen LogP contribution in [0.1, 0.15) is 45.6 Å². The van der Waals surface area contributed by atoms with Crippen molar-refractivity contribution >= 4 is 23.2 Å². The summed E-state index contributed by atoms with van der Waals surface area (Å²) in [5.74, 6) is -1.12. The quantitative estimate of drug-likeness (QED) is 0.890. The summed E-state index contributed by atoms with van der Waals surface area (Å²) >= 11 is 1.59. The van der Waals surface area contributed by atoms with E-state index in [0.717, 1.165) is 4.88 Å². The van der Waals surface area contributed by atoms with Crippen LogP contribution in [-0.4, -0.2) is 22.0 Å². The topological polar surface area (TPSA) is 79.3 Å². The van der Waals surface area contributed by atoms with E-state index in [9.17, 15) is 9.59 Å². The van der Waals surface area contributed by atoms with Crippen LogP contribution in [-0.2, 0) is 0 Å². The van der Waals surface area contributed by atoms with Crippen LogP contribution < -0.4 is 5.32 Å². The van der Waals surface area contributed by atoms with E-state index in [0.29, 0.717) is 5.56 Å². The smallest absolute Gasteiger partial charge is 0.354 e. The first kappa shape index (κ1) is 15.2. The van der Waals surface area contributed by atoms with Crippen molar-refractivity contribution in [1.82, 2.24) is 10.3 Å². The van der Waals surface area contributed by atoms with Crippen molar-refractivity contribution < 1.29 is 14.7 Å². The molecule has 0 bridgehead atoms. The Morgan fingerprint density at radius 3 is 2.52 bits per heavy atom. The summed E-state index contributed by atoms with van der Waals surface area (Å²) in [4.78, 5) is 27.8. The van der Waals surface area contributed by atoms with Crippen LogP contribution in [0.2, 0.25) is 0 Å². The van der Waals surface area contributed by atoms with E-state index >= 15 is 0 Å². The number of rotatable bonds is 5. The van der Waals surface area contributed by atoms with Crippen LogP contribution in [0, 0.1) is 5.92 Å².